The summed E-state index contributed by atoms with van der Waals surface area (Å²) >= 11 is 1.61. The molecule has 3 aromatic rings. The molecule has 1 aliphatic heterocycles. The van der Waals surface area contributed by atoms with E-state index in [-0.39, 0.29) is 11.7 Å². The molecule has 1 aromatic heterocycles. The van der Waals surface area contributed by atoms with Gasteiger partial charge < -0.3 is 10.2 Å². The van der Waals surface area contributed by atoms with E-state index in [9.17, 15) is 9.18 Å². The normalized spacial score (nSPS) is 16.0. The summed E-state index contributed by atoms with van der Waals surface area (Å²) in [6, 6.07) is 17.7. The maximum absolute atomic E-state index is 13.4. The number of nitrogens with zero attached hydrogens (tertiary/aromatic N) is 1. The summed E-state index contributed by atoms with van der Waals surface area (Å²) in [7, 11) is 0. The number of rotatable bonds is 4. The van der Waals surface area contributed by atoms with Crippen LogP contribution in [0.25, 0.3) is 10.4 Å². The van der Waals surface area contributed by atoms with E-state index in [4.69, 9.17) is 4.84 Å². The fourth-order valence-electron chi connectivity index (χ4n) is 2.81. The highest BCUT2D eigenvalue weighted by Gasteiger charge is 2.29. The van der Waals surface area contributed by atoms with Crippen LogP contribution in [0.1, 0.15) is 12.0 Å². The van der Waals surface area contributed by atoms with Gasteiger partial charge in [-0.2, -0.15) is 0 Å². The van der Waals surface area contributed by atoms with Crippen LogP contribution < -0.4 is 5.32 Å². The molecule has 0 aliphatic carbocycles. The second-order valence-electron chi connectivity index (χ2n) is 5.86. The van der Waals surface area contributed by atoms with Crippen LogP contribution in [0.2, 0.25) is 0 Å². The maximum Gasteiger partial charge on any atom is 0.268 e. The largest absolute Gasteiger partial charge is 0.382 e. The zero-order chi connectivity index (χ0) is 17.9. The molecule has 2 heterocycles. The van der Waals surface area contributed by atoms with Crippen molar-refractivity contribution in [3.8, 4) is 10.4 Å². The van der Waals surface area contributed by atoms with Crippen molar-refractivity contribution in [2.45, 2.75) is 12.5 Å². The lowest BCUT2D eigenvalue weighted by Crippen LogP contribution is -2.28. The van der Waals surface area contributed by atoms with Crippen molar-refractivity contribution in [3.63, 3.8) is 0 Å². The topological polar surface area (TPSA) is 50.7 Å². The molecule has 1 aliphatic rings. The Morgan fingerprint density at radius 1 is 1.15 bits per heavy atom. The first-order valence-corrected chi connectivity index (χ1v) is 9.01. The minimum atomic E-state index is -0.732. The van der Waals surface area contributed by atoms with E-state index < -0.39 is 6.10 Å². The van der Waals surface area contributed by atoms with Crippen molar-refractivity contribution in [2.75, 3.05) is 5.32 Å². The van der Waals surface area contributed by atoms with Crippen molar-refractivity contribution in [1.29, 1.82) is 0 Å². The number of anilines is 1. The summed E-state index contributed by atoms with van der Waals surface area (Å²) in [5, 5.41) is 8.87. The van der Waals surface area contributed by atoms with E-state index in [1.54, 1.807) is 23.5 Å². The number of hydrogen-bond donors (Lipinski definition) is 1. The lowest BCUT2D eigenvalue weighted by Gasteiger charge is -2.12. The number of amides is 1. The first-order chi connectivity index (χ1) is 12.7. The summed E-state index contributed by atoms with van der Waals surface area (Å²) in [4.78, 5) is 19.0. The molecule has 0 spiro atoms. The molecular weight excluding hydrogens is 351 g/mol. The molecule has 26 heavy (non-hydrogen) atoms. The van der Waals surface area contributed by atoms with Crippen LogP contribution >= 0.6 is 11.3 Å². The Morgan fingerprint density at radius 2 is 2.04 bits per heavy atom. The predicted molar refractivity (Wildman–Crippen MR) is 101 cm³/mol. The number of halogens is 1. The SMILES string of the molecule is O=C(Nc1ccccc1-c1cccs1)[C@@H]1CC(c2cccc(F)c2)=NO1. The van der Waals surface area contributed by atoms with Crippen LogP contribution in [0.3, 0.4) is 0 Å². The number of benzene rings is 2. The van der Waals surface area contributed by atoms with Gasteiger partial charge in [0.1, 0.15) is 5.82 Å². The smallest absolute Gasteiger partial charge is 0.268 e. The highest BCUT2D eigenvalue weighted by Crippen LogP contribution is 2.31. The summed E-state index contributed by atoms with van der Waals surface area (Å²) in [5.74, 6) is -0.618. The van der Waals surface area contributed by atoms with Crippen LogP contribution in [0.4, 0.5) is 10.1 Å². The molecule has 2 aromatic carbocycles. The van der Waals surface area contributed by atoms with Crippen molar-refractivity contribution < 1.29 is 14.0 Å². The summed E-state index contributed by atoms with van der Waals surface area (Å²) in [6.45, 7) is 0. The van der Waals surface area contributed by atoms with Crippen LogP contribution in [0, 0.1) is 5.82 Å². The first-order valence-electron chi connectivity index (χ1n) is 8.13. The molecule has 0 bridgehead atoms. The van der Waals surface area contributed by atoms with E-state index in [0.717, 1.165) is 16.1 Å². The number of thiophene rings is 1. The van der Waals surface area contributed by atoms with Gasteiger partial charge in [-0.3, -0.25) is 4.79 Å². The lowest BCUT2D eigenvalue weighted by molar-refractivity contribution is -0.125. The van der Waals surface area contributed by atoms with Crippen LogP contribution in [0.15, 0.2) is 71.2 Å². The van der Waals surface area contributed by atoms with Gasteiger partial charge in [0.15, 0.2) is 0 Å². The Balaban J connectivity index is 1.48. The van der Waals surface area contributed by atoms with Gasteiger partial charge in [0.2, 0.25) is 6.10 Å². The average molecular weight is 366 g/mol. The highest BCUT2D eigenvalue weighted by molar-refractivity contribution is 7.13. The number of carbonyl (C=O) groups excluding carboxylic acids is 1. The van der Waals surface area contributed by atoms with Crippen molar-refractivity contribution in [1.82, 2.24) is 0 Å². The fraction of sp³-hybridized carbons (Fsp3) is 0.100. The monoisotopic (exact) mass is 366 g/mol. The Hall–Kier alpha value is -2.99. The third kappa shape index (κ3) is 3.36. The molecular formula is C20H15FN2O2S. The zero-order valence-corrected chi connectivity index (χ0v) is 14.5. The zero-order valence-electron chi connectivity index (χ0n) is 13.7. The van der Waals surface area contributed by atoms with E-state index >= 15 is 0 Å². The highest BCUT2D eigenvalue weighted by atomic mass is 32.1. The van der Waals surface area contributed by atoms with Gasteiger partial charge in [0.05, 0.1) is 5.71 Å². The predicted octanol–water partition coefficient (Wildman–Crippen LogP) is 4.69. The average Bonchev–Trinajstić information content (AvgIpc) is 3.34. The van der Waals surface area contributed by atoms with Crippen LogP contribution in [0.5, 0.6) is 0 Å². The minimum Gasteiger partial charge on any atom is -0.382 e. The van der Waals surface area contributed by atoms with Gasteiger partial charge in [0.25, 0.3) is 5.91 Å². The minimum absolute atomic E-state index is 0.274. The molecule has 1 N–H and O–H groups in total. The number of para-hydroxylation sites is 1. The molecule has 130 valence electrons. The van der Waals surface area contributed by atoms with Gasteiger partial charge in [0, 0.05) is 28.1 Å². The Labute approximate surface area is 153 Å². The van der Waals surface area contributed by atoms with E-state index in [1.165, 1.54) is 12.1 Å². The van der Waals surface area contributed by atoms with E-state index in [0.29, 0.717) is 17.7 Å². The van der Waals surface area contributed by atoms with Gasteiger partial charge >= 0.3 is 0 Å². The number of carbonyl (C=O) groups is 1. The Kier molecular flexibility index (Phi) is 4.50. The first kappa shape index (κ1) is 16.5. The second kappa shape index (κ2) is 7.09. The number of oxime groups is 1. The molecule has 6 heteroatoms. The van der Waals surface area contributed by atoms with Gasteiger partial charge in [-0.25, -0.2) is 4.39 Å². The second-order valence-corrected chi connectivity index (χ2v) is 6.81. The van der Waals surface area contributed by atoms with Gasteiger partial charge in [-0.1, -0.05) is 41.6 Å². The van der Waals surface area contributed by atoms with Crippen molar-refractivity contribution in [3.05, 3.63) is 77.4 Å². The molecule has 4 rings (SSSR count). The fourth-order valence-corrected chi connectivity index (χ4v) is 3.57. The third-order valence-electron chi connectivity index (χ3n) is 4.09. The molecule has 1 atom stereocenters. The quantitative estimate of drug-likeness (QED) is 0.728. The lowest BCUT2D eigenvalue weighted by atomic mass is 10.0. The van der Waals surface area contributed by atoms with Crippen LogP contribution in [-0.2, 0) is 9.63 Å². The summed E-state index contributed by atoms with van der Waals surface area (Å²) in [6.07, 6.45) is -0.430. The third-order valence-corrected chi connectivity index (χ3v) is 4.99. The molecule has 0 saturated carbocycles. The summed E-state index contributed by atoms with van der Waals surface area (Å²) < 4.78 is 13.4. The summed E-state index contributed by atoms with van der Waals surface area (Å²) in [5.41, 5.74) is 2.87. The molecule has 0 saturated heterocycles. The molecule has 0 fully saturated rings. The number of hydrogen-bond acceptors (Lipinski definition) is 4. The van der Waals surface area contributed by atoms with Gasteiger partial charge in [-0.05, 0) is 29.6 Å². The van der Waals surface area contributed by atoms with Crippen LogP contribution in [-0.4, -0.2) is 17.7 Å². The van der Waals surface area contributed by atoms with E-state index in [1.807, 2.05) is 41.8 Å². The Morgan fingerprint density at radius 3 is 2.85 bits per heavy atom. The van der Waals surface area contributed by atoms with Gasteiger partial charge in [-0.15, -0.1) is 11.3 Å². The molecule has 4 nitrogen and oxygen atoms in total. The Bertz CT molecular complexity index is 969. The molecule has 0 unspecified atom stereocenters. The molecule has 0 radical (unpaired) electrons. The molecule has 1 amide bonds. The van der Waals surface area contributed by atoms with Crippen molar-refractivity contribution in [2.24, 2.45) is 5.16 Å². The number of nitrogens with one attached hydrogen (secondary N) is 1. The van der Waals surface area contributed by atoms with Crippen molar-refractivity contribution >= 4 is 28.6 Å². The standard InChI is InChI=1S/C20H15FN2O2S/c21-14-6-3-5-13(11-14)17-12-18(25-23-17)20(24)22-16-8-2-1-7-15(16)19-9-4-10-26-19/h1-11,18H,12H2,(H,22,24)/t18-/m0/s1. The van der Waals surface area contributed by atoms with E-state index in [2.05, 4.69) is 10.5 Å². The maximum atomic E-state index is 13.4.